The van der Waals surface area contributed by atoms with Crippen LogP contribution in [0.5, 0.6) is 0 Å². The molecule has 116 valence electrons. The van der Waals surface area contributed by atoms with Gasteiger partial charge in [-0.1, -0.05) is 36.8 Å². The Hall–Kier alpha value is -1.74. The van der Waals surface area contributed by atoms with Crippen molar-refractivity contribution in [2.45, 2.75) is 51.0 Å². The molecule has 1 unspecified atom stereocenters. The van der Waals surface area contributed by atoms with Crippen LogP contribution in [0.15, 0.2) is 42.7 Å². The molecule has 1 aliphatic carbocycles. The van der Waals surface area contributed by atoms with Gasteiger partial charge in [0, 0.05) is 36.8 Å². The first kappa shape index (κ1) is 15.2. The molecular weight excluding hydrogens is 270 g/mol. The molecular formula is C19H25N3. The van der Waals surface area contributed by atoms with Gasteiger partial charge in [0.15, 0.2) is 0 Å². The van der Waals surface area contributed by atoms with Crippen LogP contribution >= 0.6 is 0 Å². The van der Waals surface area contributed by atoms with Crippen LogP contribution in [0.4, 0.5) is 0 Å². The molecule has 3 rings (SSSR count). The maximum atomic E-state index is 4.43. The molecule has 22 heavy (non-hydrogen) atoms. The van der Waals surface area contributed by atoms with Gasteiger partial charge in [-0.3, -0.25) is 9.97 Å². The highest BCUT2D eigenvalue weighted by Crippen LogP contribution is 2.46. The van der Waals surface area contributed by atoms with E-state index in [1.807, 2.05) is 6.92 Å². The lowest BCUT2D eigenvalue weighted by atomic mass is 9.60. The summed E-state index contributed by atoms with van der Waals surface area (Å²) in [7, 11) is 0. The molecule has 1 saturated carbocycles. The summed E-state index contributed by atoms with van der Waals surface area (Å²) >= 11 is 0. The summed E-state index contributed by atoms with van der Waals surface area (Å²) in [5.74, 6) is 0. The fourth-order valence-electron chi connectivity index (χ4n) is 3.58. The van der Waals surface area contributed by atoms with Gasteiger partial charge in [0.2, 0.25) is 0 Å². The summed E-state index contributed by atoms with van der Waals surface area (Å²) in [5, 5.41) is 3.73. The third-order valence-corrected chi connectivity index (χ3v) is 5.22. The van der Waals surface area contributed by atoms with Crippen LogP contribution in [0.25, 0.3) is 0 Å². The minimum Gasteiger partial charge on any atom is -0.313 e. The second-order valence-electron chi connectivity index (χ2n) is 6.39. The molecule has 1 atom stereocenters. The van der Waals surface area contributed by atoms with E-state index in [2.05, 4.69) is 52.5 Å². The van der Waals surface area contributed by atoms with Gasteiger partial charge < -0.3 is 5.32 Å². The van der Waals surface area contributed by atoms with Gasteiger partial charge in [-0.05, 0) is 32.3 Å². The minimum atomic E-state index is 0.318. The number of aromatic nitrogens is 2. The number of nitrogens with one attached hydrogen (secondary N) is 1. The fourth-order valence-corrected chi connectivity index (χ4v) is 3.58. The maximum Gasteiger partial charge on any atom is 0.0628 e. The van der Waals surface area contributed by atoms with E-state index in [0.29, 0.717) is 11.5 Å². The molecule has 0 aliphatic heterocycles. The second-order valence-corrected chi connectivity index (χ2v) is 6.39. The largest absolute Gasteiger partial charge is 0.313 e. The molecule has 1 heterocycles. The molecule has 1 aromatic carbocycles. The topological polar surface area (TPSA) is 37.8 Å². The zero-order valence-electron chi connectivity index (χ0n) is 13.5. The lowest BCUT2D eigenvalue weighted by Crippen LogP contribution is -2.51. The normalized spacial score (nSPS) is 17.7. The Morgan fingerprint density at radius 2 is 1.86 bits per heavy atom. The summed E-state index contributed by atoms with van der Waals surface area (Å²) in [5.41, 5.74) is 3.94. The van der Waals surface area contributed by atoms with Crippen LogP contribution in [0.1, 0.15) is 43.1 Å². The number of aryl methyl sites for hydroxylation is 1. The highest BCUT2D eigenvalue weighted by Gasteiger charge is 2.42. The van der Waals surface area contributed by atoms with Crippen molar-refractivity contribution < 1.29 is 0 Å². The van der Waals surface area contributed by atoms with Crippen molar-refractivity contribution in [2.75, 3.05) is 6.54 Å². The molecule has 1 aromatic heterocycles. The highest BCUT2D eigenvalue weighted by atomic mass is 14.9. The zero-order chi connectivity index (χ0) is 15.4. The smallest absolute Gasteiger partial charge is 0.0628 e. The van der Waals surface area contributed by atoms with Crippen LogP contribution in [0.3, 0.4) is 0 Å². The van der Waals surface area contributed by atoms with E-state index < -0.39 is 0 Å². The summed E-state index contributed by atoms with van der Waals surface area (Å²) in [6, 6.07) is 11.5. The van der Waals surface area contributed by atoms with Gasteiger partial charge in [0.1, 0.15) is 0 Å². The van der Waals surface area contributed by atoms with Gasteiger partial charge in [-0.2, -0.15) is 0 Å². The lowest BCUT2D eigenvalue weighted by molar-refractivity contribution is 0.179. The molecule has 3 heteroatoms. The molecule has 2 aromatic rings. The number of nitrogens with zero attached hydrogens (tertiary/aromatic N) is 2. The highest BCUT2D eigenvalue weighted by molar-refractivity contribution is 5.30. The van der Waals surface area contributed by atoms with E-state index in [1.165, 1.54) is 24.8 Å². The lowest BCUT2D eigenvalue weighted by Gasteiger charge is -2.47. The molecule has 0 bridgehead atoms. The molecule has 1 aliphatic rings. The third-order valence-electron chi connectivity index (χ3n) is 5.22. The van der Waals surface area contributed by atoms with Crippen molar-refractivity contribution in [1.29, 1.82) is 0 Å². The first-order valence-electron chi connectivity index (χ1n) is 8.28. The van der Waals surface area contributed by atoms with Crippen molar-refractivity contribution in [2.24, 2.45) is 0 Å². The summed E-state index contributed by atoms with van der Waals surface area (Å²) in [6.07, 6.45) is 8.39. The van der Waals surface area contributed by atoms with E-state index >= 15 is 0 Å². The predicted molar refractivity (Wildman–Crippen MR) is 89.9 cm³/mol. The predicted octanol–water partition coefficient (Wildman–Crippen LogP) is 3.43. The number of hydrogen-bond acceptors (Lipinski definition) is 3. The fraction of sp³-hybridized carbons (Fsp3) is 0.474. The Bertz CT molecular complexity index is 605. The van der Waals surface area contributed by atoms with E-state index in [0.717, 1.165) is 24.4 Å². The van der Waals surface area contributed by atoms with Crippen molar-refractivity contribution in [3.8, 4) is 0 Å². The Kier molecular flexibility index (Phi) is 4.53. The summed E-state index contributed by atoms with van der Waals surface area (Å²) in [4.78, 5) is 8.74. The Labute approximate surface area is 133 Å². The number of rotatable bonds is 6. The molecule has 0 spiro atoms. The number of benzene rings is 1. The van der Waals surface area contributed by atoms with Crippen molar-refractivity contribution in [1.82, 2.24) is 15.3 Å². The molecule has 1 N–H and O–H groups in total. The van der Waals surface area contributed by atoms with Gasteiger partial charge >= 0.3 is 0 Å². The maximum absolute atomic E-state index is 4.43. The van der Waals surface area contributed by atoms with Gasteiger partial charge in [-0.15, -0.1) is 0 Å². The first-order valence-corrected chi connectivity index (χ1v) is 8.28. The van der Waals surface area contributed by atoms with E-state index in [-0.39, 0.29) is 0 Å². The van der Waals surface area contributed by atoms with E-state index in [9.17, 15) is 0 Å². The molecule has 0 radical (unpaired) electrons. The van der Waals surface area contributed by atoms with Crippen LogP contribution in [0, 0.1) is 6.92 Å². The van der Waals surface area contributed by atoms with Crippen molar-refractivity contribution in [3.05, 3.63) is 59.7 Å². The average Bonchev–Trinajstić information content (AvgIpc) is 2.49. The van der Waals surface area contributed by atoms with Crippen LogP contribution < -0.4 is 5.32 Å². The SMILES string of the molecule is Cc1nccnc1CCNC(C)C1(c2ccccc2)CCC1. The van der Waals surface area contributed by atoms with Gasteiger partial charge in [-0.25, -0.2) is 0 Å². The molecule has 1 fully saturated rings. The molecule has 0 saturated heterocycles. The van der Waals surface area contributed by atoms with Crippen molar-refractivity contribution >= 4 is 0 Å². The van der Waals surface area contributed by atoms with Gasteiger partial charge in [0.05, 0.1) is 11.4 Å². The van der Waals surface area contributed by atoms with Crippen molar-refractivity contribution in [3.63, 3.8) is 0 Å². The third kappa shape index (κ3) is 2.91. The van der Waals surface area contributed by atoms with Crippen LogP contribution in [-0.2, 0) is 11.8 Å². The average molecular weight is 295 g/mol. The quantitative estimate of drug-likeness (QED) is 0.887. The Morgan fingerprint density at radius 3 is 2.50 bits per heavy atom. The molecule has 3 nitrogen and oxygen atoms in total. The zero-order valence-corrected chi connectivity index (χ0v) is 13.5. The number of hydrogen-bond donors (Lipinski definition) is 1. The Morgan fingerprint density at radius 1 is 1.14 bits per heavy atom. The summed E-state index contributed by atoms with van der Waals surface area (Å²) < 4.78 is 0. The van der Waals surface area contributed by atoms with Crippen LogP contribution in [-0.4, -0.2) is 22.6 Å². The standard InChI is InChI=1S/C19H25N3/c1-15-18(22-14-13-20-15)9-12-21-16(2)19(10-6-11-19)17-7-4-3-5-8-17/h3-5,7-8,13-14,16,21H,6,9-12H2,1-2H3. The second kappa shape index (κ2) is 6.57. The Balaban J connectivity index is 1.62. The monoisotopic (exact) mass is 295 g/mol. The van der Waals surface area contributed by atoms with E-state index in [4.69, 9.17) is 0 Å². The minimum absolute atomic E-state index is 0.318. The van der Waals surface area contributed by atoms with Crippen LogP contribution in [0.2, 0.25) is 0 Å². The summed E-state index contributed by atoms with van der Waals surface area (Å²) in [6.45, 7) is 5.31. The molecule has 0 amide bonds. The van der Waals surface area contributed by atoms with Gasteiger partial charge in [0.25, 0.3) is 0 Å². The van der Waals surface area contributed by atoms with E-state index in [1.54, 1.807) is 12.4 Å². The first-order chi connectivity index (χ1) is 10.7.